The molecular formula is C14H22N6O3S. The van der Waals surface area contributed by atoms with Crippen LogP contribution in [0.4, 0.5) is 11.9 Å². The number of nitrogen functional groups attached to an aromatic ring is 2. The molecule has 10 heteroatoms. The molecule has 4 N–H and O–H groups in total. The molecule has 1 amide bonds. The number of hydrogen-bond donors (Lipinski definition) is 2. The van der Waals surface area contributed by atoms with Gasteiger partial charge >= 0.3 is 5.97 Å². The molecule has 1 fully saturated rings. The van der Waals surface area contributed by atoms with Crippen molar-refractivity contribution in [2.24, 2.45) is 5.92 Å². The lowest BCUT2D eigenvalue weighted by atomic mass is 9.97. The van der Waals surface area contributed by atoms with Gasteiger partial charge in [-0.15, -0.1) is 0 Å². The van der Waals surface area contributed by atoms with E-state index in [1.807, 2.05) is 0 Å². The fourth-order valence-electron chi connectivity index (χ4n) is 2.50. The first-order valence-corrected chi connectivity index (χ1v) is 8.67. The molecular weight excluding hydrogens is 332 g/mol. The van der Waals surface area contributed by atoms with Crippen LogP contribution in [-0.2, 0) is 14.3 Å². The number of thioether (sulfide) groups is 1. The van der Waals surface area contributed by atoms with Crippen LogP contribution in [0.25, 0.3) is 0 Å². The van der Waals surface area contributed by atoms with Crippen molar-refractivity contribution in [2.75, 3.05) is 31.2 Å². The highest BCUT2D eigenvalue weighted by molar-refractivity contribution is 8.00. The highest BCUT2D eigenvalue weighted by Crippen LogP contribution is 2.25. The Morgan fingerprint density at radius 3 is 2.38 bits per heavy atom. The molecule has 2 rings (SSSR count). The number of piperidine rings is 1. The van der Waals surface area contributed by atoms with Gasteiger partial charge in [0.2, 0.25) is 17.8 Å². The molecule has 0 saturated carbocycles. The maximum Gasteiger partial charge on any atom is 0.309 e. The largest absolute Gasteiger partial charge is 0.466 e. The molecule has 1 aliphatic rings. The van der Waals surface area contributed by atoms with E-state index in [0.717, 1.165) is 0 Å². The summed E-state index contributed by atoms with van der Waals surface area (Å²) in [6, 6.07) is 0. The fraction of sp³-hybridized carbons (Fsp3) is 0.643. The average Bonchev–Trinajstić information content (AvgIpc) is 2.53. The Balaban J connectivity index is 1.89. The summed E-state index contributed by atoms with van der Waals surface area (Å²) in [7, 11) is 0. The van der Waals surface area contributed by atoms with Gasteiger partial charge in [-0.2, -0.15) is 15.0 Å². The van der Waals surface area contributed by atoms with E-state index in [0.29, 0.717) is 37.7 Å². The second-order valence-corrected chi connectivity index (χ2v) is 6.75. The first kappa shape index (κ1) is 18.2. The second kappa shape index (κ2) is 8.13. The van der Waals surface area contributed by atoms with E-state index < -0.39 is 0 Å². The van der Waals surface area contributed by atoms with E-state index in [2.05, 4.69) is 15.0 Å². The number of carbonyl (C=O) groups excluding carboxylic acids is 2. The van der Waals surface area contributed by atoms with Crippen LogP contribution in [0.3, 0.4) is 0 Å². The third kappa shape index (κ3) is 4.70. The molecule has 1 aromatic rings. The Kier molecular flexibility index (Phi) is 6.18. The molecule has 1 aromatic heterocycles. The smallest absolute Gasteiger partial charge is 0.309 e. The number of rotatable bonds is 5. The van der Waals surface area contributed by atoms with Crippen molar-refractivity contribution < 1.29 is 14.3 Å². The number of hydrogen-bond acceptors (Lipinski definition) is 9. The summed E-state index contributed by atoms with van der Waals surface area (Å²) in [5.41, 5.74) is 11.1. The predicted octanol–water partition coefficient (Wildman–Crippen LogP) is 0.318. The molecule has 1 unspecified atom stereocenters. The second-order valence-electron chi connectivity index (χ2n) is 5.45. The van der Waals surface area contributed by atoms with Crippen molar-refractivity contribution in [3.8, 4) is 0 Å². The van der Waals surface area contributed by atoms with Crippen LogP contribution in [0.2, 0.25) is 0 Å². The molecule has 1 aliphatic heterocycles. The van der Waals surface area contributed by atoms with Gasteiger partial charge in [0.15, 0.2) is 5.16 Å². The van der Waals surface area contributed by atoms with Crippen molar-refractivity contribution in [3.63, 3.8) is 0 Å². The Bertz CT molecular complexity index is 586. The van der Waals surface area contributed by atoms with Gasteiger partial charge in [-0.1, -0.05) is 11.8 Å². The minimum Gasteiger partial charge on any atom is -0.466 e. The van der Waals surface area contributed by atoms with E-state index in [1.165, 1.54) is 11.8 Å². The van der Waals surface area contributed by atoms with Crippen LogP contribution >= 0.6 is 11.8 Å². The van der Waals surface area contributed by atoms with E-state index >= 15 is 0 Å². The van der Waals surface area contributed by atoms with E-state index in [9.17, 15) is 9.59 Å². The van der Waals surface area contributed by atoms with Crippen molar-refractivity contribution >= 4 is 35.5 Å². The Hall–Kier alpha value is -2.10. The molecule has 0 spiro atoms. The van der Waals surface area contributed by atoms with E-state index in [1.54, 1.807) is 18.7 Å². The van der Waals surface area contributed by atoms with Crippen molar-refractivity contribution in [1.29, 1.82) is 0 Å². The normalized spacial score (nSPS) is 16.7. The topological polar surface area (TPSA) is 137 Å². The maximum absolute atomic E-state index is 12.5. The monoisotopic (exact) mass is 354 g/mol. The van der Waals surface area contributed by atoms with Gasteiger partial charge in [0, 0.05) is 13.1 Å². The molecule has 2 heterocycles. The first-order chi connectivity index (χ1) is 11.4. The molecule has 0 aliphatic carbocycles. The number of anilines is 2. The summed E-state index contributed by atoms with van der Waals surface area (Å²) >= 11 is 1.18. The lowest BCUT2D eigenvalue weighted by Gasteiger charge is -2.32. The number of carbonyl (C=O) groups is 2. The van der Waals surface area contributed by atoms with Gasteiger partial charge in [0.1, 0.15) is 0 Å². The van der Waals surface area contributed by atoms with Crippen LogP contribution in [0.15, 0.2) is 5.16 Å². The third-order valence-corrected chi connectivity index (χ3v) is 4.65. The number of nitrogens with two attached hydrogens (primary N) is 2. The molecule has 132 valence electrons. The van der Waals surface area contributed by atoms with Gasteiger partial charge in [-0.3, -0.25) is 9.59 Å². The quantitative estimate of drug-likeness (QED) is 0.565. The maximum atomic E-state index is 12.5. The van der Waals surface area contributed by atoms with Crippen molar-refractivity contribution in [1.82, 2.24) is 19.9 Å². The highest BCUT2D eigenvalue weighted by Gasteiger charge is 2.30. The summed E-state index contributed by atoms with van der Waals surface area (Å²) < 4.78 is 5.03. The molecule has 0 bridgehead atoms. The number of esters is 1. The zero-order chi connectivity index (χ0) is 17.7. The Labute approximate surface area is 144 Å². The SMILES string of the molecule is CCOC(=O)C1CCN(C(=O)C(C)Sc2nc(N)nc(N)n2)CC1. The zero-order valence-corrected chi connectivity index (χ0v) is 14.6. The van der Waals surface area contributed by atoms with E-state index in [4.69, 9.17) is 16.2 Å². The number of likely N-dealkylation sites (tertiary alicyclic amines) is 1. The van der Waals surface area contributed by atoms with Gasteiger partial charge in [-0.25, -0.2) is 0 Å². The summed E-state index contributed by atoms with van der Waals surface area (Å²) in [5, 5.41) is -0.0624. The molecule has 0 radical (unpaired) electrons. The predicted molar refractivity (Wildman–Crippen MR) is 89.9 cm³/mol. The number of aromatic nitrogens is 3. The van der Waals surface area contributed by atoms with Gasteiger partial charge in [0.25, 0.3) is 0 Å². The minimum absolute atomic E-state index is 0.0277. The lowest BCUT2D eigenvalue weighted by molar-refractivity contribution is -0.151. The number of ether oxygens (including phenoxy) is 1. The molecule has 24 heavy (non-hydrogen) atoms. The molecule has 1 saturated heterocycles. The molecule has 9 nitrogen and oxygen atoms in total. The highest BCUT2D eigenvalue weighted by atomic mass is 32.2. The van der Waals surface area contributed by atoms with Gasteiger partial charge in [0.05, 0.1) is 17.8 Å². The summed E-state index contributed by atoms with van der Waals surface area (Å²) in [5.74, 6) is -0.275. The minimum atomic E-state index is -0.384. The standard InChI is InChI=1S/C14H22N6O3S/c1-3-23-11(22)9-4-6-20(7-5-9)10(21)8(2)24-14-18-12(15)17-13(16)19-14/h8-9H,3-7H2,1-2H3,(H4,15,16,17,18,19). The van der Waals surface area contributed by atoms with Crippen LogP contribution in [-0.4, -0.2) is 56.7 Å². The van der Waals surface area contributed by atoms with Crippen molar-refractivity contribution in [3.05, 3.63) is 0 Å². The van der Waals surface area contributed by atoms with Crippen LogP contribution in [0.5, 0.6) is 0 Å². The van der Waals surface area contributed by atoms with E-state index in [-0.39, 0.29) is 34.9 Å². The van der Waals surface area contributed by atoms with Gasteiger partial charge < -0.3 is 21.1 Å². The summed E-state index contributed by atoms with van der Waals surface area (Å²) in [6.45, 7) is 5.02. The Morgan fingerprint density at radius 2 is 1.83 bits per heavy atom. The Morgan fingerprint density at radius 1 is 1.25 bits per heavy atom. The van der Waals surface area contributed by atoms with Crippen LogP contribution in [0, 0.1) is 5.92 Å². The molecule has 0 aromatic carbocycles. The number of amides is 1. The van der Waals surface area contributed by atoms with Gasteiger partial charge in [-0.05, 0) is 26.7 Å². The fourth-order valence-corrected chi connectivity index (χ4v) is 3.36. The van der Waals surface area contributed by atoms with Crippen molar-refractivity contribution in [2.45, 2.75) is 37.1 Å². The third-order valence-electron chi connectivity index (χ3n) is 3.71. The average molecular weight is 354 g/mol. The zero-order valence-electron chi connectivity index (χ0n) is 13.8. The summed E-state index contributed by atoms with van der Waals surface area (Å²) in [6.07, 6.45) is 1.24. The summed E-state index contributed by atoms with van der Waals surface area (Å²) in [4.78, 5) is 37.6. The number of nitrogens with zero attached hydrogens (tertiary/aromatic N) is 4. The van der Waals surface area contributed by atoms with Crippen LogP contribution in [0.1, 0.15) is 26.7 Å². The first-order valence-electron chi connectivity index (χ1n) is 7.79. The van der Waals surface area contributed by atoms with Crippen LogP contribution < -0.4 is 11.5 Å². The lowest BCUT2D eigenvalue weighted by Crippen LogP contribution is -2.43. The molecule has 1 atom stereocenters.